The molecule has 1 aliphatic rings. The fourth-order valence-electron chi connectivity index (χ4n) is 3.39. The number of amides is 1. The first kappa shape index (κ1) is 20.9. The maximum atomic E-state index is 13.0. The Balaban J connectivity index is 1.50. The van der Waals surface area contributed by atoms with Crippen molar-refractivity contribution in [1.29, 1.82) is 0 Å². The van der Waals surface area contributed by atoms with Crippen molar-refractivity contribution < 1.29 is 22.5 Å². The van der Waals surface area contributed by atoms with Crippen LogP contribution in [0.3, 0.4) is 0 Å². The summed E-state index contributed by atoms with van der Waals surface area (Å²) in [4.78, 5) is 18.7. The highest BCUT2D eigenvalue weighted by Gasteiger charge is 2.36. The van der Waals surface area contributed by atoms with Gasteiger partial charge >= 0.3 is 0 Å². The second kappa shape index (κ2) is 8.03. The van der Waals surface area contributed by atoms with E-state index in [0.29, 0.717) is 17.3 Å². The highest BCUT2D eigenvalue weighted by Crippen LogP contribution is 2.35. The lowest BCUT2D eigenvalue weighted by Gasteiger charge is -2.35. The molecule has 0 fully saturated rings. The molecule has 1 aromatic heterocycles. The highest BCUT2D eigenvalue weighted by molar-refractivity contribution is 7.92. The van der Waals surface area contributed by atoms with E-state index in [4.69, 9.17) is 9.26 Å². The fraction of sp³-hybridized carbons (Fsp3) is 0.286. The highest BCUT2D eigenvalue weighted by atomic mass is 32.2. The lowest BCUT2D eigenvalue weighted by Crippen LogP contribution is -2.50. The van der Waals surface area contributed by atoms with Gasteiger partial charge in [0.2, 0.25) is 21.7 Å². The van der Waals surface area contributed by atoms with Crippen molar-refractivity contribution in [1.82, 2.24) is 15.0 Å². The predicted molar refractivity (Wildman–Crippen MR) is 114 cm³/mol. The summed E-state index contributed by atoms with van der Waals surface area (Å²) in [6.07, 6.45) is 0.111. The zero-order valence-corrected chi connectivity index (χ0v) is 18.2. The quantitative estimate of drug-likeness (QED) is 0.596. The normalized spacial score (nSPS) is 15.8. The van der Waals surface area contributed by atoms with E-state index in [2.05, 4.69) is 10.1 Å². The Hall–Kier alpha value is -3.40. The van der Waals surface area contributed by atoms with E-state index in [1.807, 2.05) is 31.2 Å². The van der Waals surface area contributed by atoms with Crippen LogP contribution in [0.2, 0.25) is 0 Å². The number of ether oxygens (including phenoxy) is 1. The van der Waals surface area contributed by atoms with Crippen LogP contribution in [0.15, 0.2) is 53.1 Å². The van der Waals surface area contributed by atoms with Gasteiger partial charge in [-0.1, -0.05) is 41.1 Å². The number of carbonyl (C=O) groups is 1. The number of carbonyl (C=O) groups excluding carboxylic acids is 1. The van der Waals surface area contributed by atoms with Gasteiger partial charge < -0.3 is 14.2 Å². The maximum Gasteiger partial charge on any atom is 0.265 e. The van der Waals surface area contributed by atoms with Crippen LogP contribution in [0.4, 0.5) is 5.69 Å². The monoisotopic (exact) mass is 442 g/mol. The SMILES string of the molecule is Cc1cccc(-c2noc(CN(C)C(=O)[C@@H]3CN(S(C)(=O)=O)c4ccccc4O3)n2)c1. The van der Waals surface area contributed by atoms with Crippen molar-refractivity contribution in [2.24, 2.45) is 0 Å². The lowest BCUT2D eigenvalue weighted by atomic mass is 10.1. The predicted octanol–water partition coefficient (Wildman–Crippen LogP) is 2.23. The Morgan fingerprint density at radius 3 is 2.74 bits per heavy atom. The Bertz CT molecular complexity index is 1220. The Labute approximate surface area is 180 Å². The third-order valence-corrected chi connectivity index (χ3v) is 6.05. The average Bonchev–Trinajstić information content (AvgIpc) is 3.20. The molecule has 0 saturated carbocycles. The maximum absolute atomic E-state index is 13.0. The van der Waals surface area contributed by atoms with Crippen LogP contribution in [-0.2, 0) is 21.4 Å². The summed E-state index contributed by atoms with van der Waals surface area (Å²) in [6, 6.07) is 14.4. The number of anilines is 1. The van der Waals surface area contributed by atoms with Crippen molar-refractivity contribution in [2.75, 3.05) is 24.2 Å². The van der Waals surface area contributed by atoms with Gasteiger partial charge in [0.05, 0.1) is 25.0 Å². The van der Waals surface area contributed by atoms with E-state index in [-0.39, 0.29) is 19.0 Å². The summed E-state index contributed by atoms with van der Waals surface area (Å²) in [5, 5.41) is 3.98. The molecule has 2 heterocycles. The van der Waals surface area contributed by atoms with E-state index in [0.717, 1.165) is 17.4 Å². The molecule has 1 aliphatic heterocycles. The van der Waals surface area contributed by atoms with Gasteiger partial charge in [-0.05, 0) is 25.1 Å². The number of rotatable bonds is 5. The lowest BCUT2D eigenvalue weighted by molar-refractivity contribution is -0.138. The largest absolute Gasteiger partial charge is 0.476 e. The van der Waals surface area contributed by atoms with Gasteiger partial charge in [-0.3, -0.25) is 9.10 Å². The molecule has 1 atom stereocenters. The molecule has 0 bridgehead atoms. The van der Waals surface area contributed by atoms with Gasteiger partial charge in [0.25, 0.3) is 5.91 Å². The van der Waals surface area contributed by atoms with Gasteiger partial charge in [-0.2, -0.15) is 4.98 Å². The molecule has 0 saturated heterocycles. The molecular formula is C21H22N4O5S. The van der Waals surface area contributed by atoms with Gasteiger partial charge in [0, 0.05) is 12.6 Å². The van der Waals surface area contributed by atoms with Gasteiger partial charge in [0.1, 0.15) is 5.75 Å². The molecule has 0 aliphatic carbocycles. The van der Waals surface area contributed by atoms with Crippen molar-refractivity contribution in [3.63, 3.8) is 0 Å². The van der Waals surface area contributed by atoms with Crippen LogP contribution in [0.5, 0.6) is 5.75 Å². The molecule has 1 amide bonds. The van der Waals surface area contributed by atoms with Crippen molar-refractivity contribution in [3.05, 3.63) is 60.0 Å². The van der Waals surface area contributed by atoms with E-state index in [1.165, 1.54) is 9.21 Å². The minimum Gasteiger partial charge on any atom is -0.476 e. The zero-order chi connectivity index (χ0) is 22.2. The van der Waals surface area contributed by atoms with Crippen LogP contribution in [-0.4, -0.2) is 55.3 Å². The molecule has 10 heteroatoms. The average molecular weight is 442 g/mol. The van der Waals surface area contributed by atoms with Crippen molar-refractivity contribution in [3.8, 4) is 17.1 Å². The van der Waals surface area contributed by atoms with Crippen LogP contribution in [0, 0.1) is 6.92 Å². The summed E-state index contributed by atoms with van der Waals surface area (Å²) in [5.74, 6) is 0.651. The fourth-order valence-corrected chi connectivity index (χ4v) is 4.31. The molecule has 0 radical (unpaired) electrons. The number of hydrogen-bond acceptors (Lipinski definition) is 7. The summed E-state index contributed by atoms with van der Waals surface area (Å²) in [7, 11) is -2.00. The van der Waals surface area contributed by atoms with Crippen LogP contribution < -0.4 is 9.04 Å². The van der Waals surface area contributed by atoms with Gasteiger partial charge in [-0.25, -0.2) is 8.42 Å². The molecule has 3 aromatic rings. The number of aromatic nitrogens is 2. The standard InChI is InChI=1S/C21H22N4O5S/c1-14-7-6-8-15(11-14)20-22-19(30-23-20)13-24(2)21(26)18-12-25(31(3,27)28)16-9-4-5-10-17(16)29-18/h4-11,18H,12-13H2,1-3H3/t18-/m0/s1. The van der Waals surface area contributed by atoms with Crippen LogP contribution in [0.25, 0.3) is 11.4 Å². The summed E-state index contributed by atoms with van der Waals surface area (Å²) >= 11 is 0. The molecule has 162 valence electrons. The summed E-state index contributed by atoms with van der Waals surface area (Å²) in [5.41, 5.74) is 2.30. The first-order valence-electron chi connectivity index (χ1n) is 9.60. The molecule has 2 aromatic carbocycles. The number of benzene rings is 2. The first-order chi connectivity index (χ1) is 14.7. The number of para-hydroxylation sites is 2. The van der Waals surface area contributed by atoms with Crippen LogP contribution in [0.1, 0.15) is 11.5 Å². The second-order valence-corrected chi connectivity index (χ2v) is 9.35. The Morgan fingerprint density at radius 2 is 2.00 bits per heavy atom. The Morgan fingerprint density at radius 1 is 1.23 bits per heavy atom. The molecule has 31 heavy (non-hydrogen) atoms. The van der Waals surface area contributed by atoms with Gasteiger partial charge in [-0.15, -0.1) is 0 Å². The minimum absolute atomic E-state index is 0.0675. The first-order valence-corrected chi connectivity index (χ1v) is 11.5. The smallest absolute Gasteiger partial charge is 0.265 e. The molecule has 9 nitrogen and oxygen atoms in total. The van der Waals surface area contributed by atoms with E-state index in [9.17, 15) is 13.2 Å². The number of likely N-dealkylation sites (N-methyl/N-ethyl adjacent to an activating group) is 1. The number of nitrogens with zero attached hydrogens (tertiary/aromatic N) is 4. The third-order valence-electron chi connectivity index (χ3n) is 4.90. The molecule has 0 N–H and O–H groups in total. The van der Waals surface area contributed by atoms with Crippen LogP contribution >= 0.6 is 0 Å². The van der Waals surface area contributed by atoms with E-state index >= 15 is 0 Å². The minimum atomic E-state index is -3.58. The molecular weight excluding hydrogens is 420 g/mol. The number of hydrogen-bond donors (Lipinski definition) is 0. The van der Waals surface area contributed by atoms with E-state index in [1.54, 1.807) is 31.3 Å². The van der Waals surface area contributed by atoms with Crippen molar-refractivity contribution >= 4 is 21.6 Å². The second-order valence-electron chi connectivity index (χ2n) is 7.44. The topological polar surface area (TPSA) is 106 Å². The van der Waals surface area contributed by atoms with Gasteiger partial charge in [0.15, 0.2) is 6.10 Å². The zero-order valence-electron chi connectivity index (χ0n) is 17.3. The Kier molecular flexibility index (Phi) is 5.40. The third kappa shape index (κ3) is 4.38. The molecule has 0 unspecified atom stereocenters. The molecule has 0 spiro atoms. The molecule has 4 rings (SSSR count). The number of fused-ring (bicyclic) bond motifs is 1. The summed E-state index contributed by atoms with van der Waals surface area (Å²) in [6.45, 7) is 1.93. The van der Waals surface area contributed by atoms with Crippen molar-refractivity contribution in [2.45, 2.75) is 19.6 Å². The summed E-state index contributed by atoms with van der Waals surface area (Å²) < 4.78 is 36.8. The number of sulfonamides is 1. The van der Waals surface area contributed by atoms with E-state index < -0.39 is 22.0 Å². The number of aryl methyl sites for hydroxylation is 1.